The lowest BCUT2D eigenvalue weighted by Crippen LogP contribution is -2.42. The Hall–Kier alpha value is -1.29. The van der Waals surface area contributed by atoms with Crippen LogP contribution in [0.5, 0.6) is 0 Å². The smallest absolute Gasteiger partial charge is 0.309 e. The number of piperidine rings is 1. The molecule has 1 aromatic rings. The van der Waals surface area contributed by atoms with Crippen molar-refractivity contribution in [2.75, 3.05) is 13.1 Å². The molecule has 0 bridgehead atoms. The zero-order chi connectivity index (χ0) is 14.3. The minimum absolute atomic E-state index is 0.547. The van der Waals surface area contributed by atoms with Gasteiger partial charge in [-0.25, -0.2) is 0 Å². The Kier molecular flexibility index (Phi) is 3.36. The summed E-state index contributed by atoms with van der Waals surface area (Å²) in [5, 5.41) is 9.23. The molecule has 0 spiro atoms. The molecule has 2 unspecified atom stereocenters. The zero-order valence-corrected chi connectivity index (χ0v) is 12.3. The molecule has 0 amide bonds. The van der Waals surface area contributed by atoms with Gasteiger partial charge >= 0.3 is 5.97 Å². The Labute approximate surface area is 119 Å². The number of hydrogen-bond donors (Lipinski definition) is 1. The largest absolute Gasteiger partial charge is 0.481 e. The summed E-state index contributed by atoms with van der Waals surface area (Å²) in [7, 11) is 0. The summed E-state index contributed by atoms with van der Waals surface area (Å²) >= 11 is 0. The van der Waals surface area contributed by atoms with Crippen molar-refractivity contribution in [3.63, 3.8) is 0 Å². The molecule has 1 aliphatic carbocycles. The van der Waals surface area contributed by atoms with Crippen molar-refractivity contribution in [2.45, 2.75) is 45.6 Å². The van der Waals surface area contributed by atoms with E-state index in [9.17, 15) is 9.90 Å². The summed E-state index contributed by atoms with van der Waals surface area (Å²) in [5.41, 5.74) is -0.547. The van der Waals surface area contributed by atoms with E-state index in [1.54, 1.807) is 0 Å². The number of rotatable bonds is 4. The molecule has 2 aliphatic rings. The molecule has 110 valence electrons. The molecular weight excluding hydrogens is 254 g/mol. The topological polar surface area (TPSA) is 53.7 Å². The van der Waals surface area contributed by atoms with Crippen molar-refractivity contribution in [2.24, 2.45) is 11.3 Å². The first-order valence-electron chi connectivity index (χ1n) is 7.52. The van der Waals surface area contributed by atoms with Gasteiger partial charge in [0, 0.05) is 5.92 Å². The molecule has 1 aliphatic heterocycles. The average molecular weight is 277 g/mol. The monoisotopic (exact) mass is 277 g/mol. The van der Waals surface area contributed by atoms with Crippen LogP contribution in [0.25, 0.3) is 0 Å². The first kappa shape index (κ1) is 13.7. The molecule has 2 fully saturated rings. The van der Waals surface area contributed by atoms with Crippen LogP contribution in [0.3, 0.4) is 0 Å². The Morgan fingerprint density at radius 2 is 2.10 bits per heavy atom. The van der Waals surface area contributed by atoms with Crippen LogP contribution in [0.15, 0.2) is 16.5 Å². The lowest BCUT2D eigenvalue weighted by Gasteiger charge is -2.35. The molecule has 1 aromatic heterocycles. The second kappa shape index (κ2) is 4.92. The van der Waals surface area contributed by atoms with Crippen molar-refractivity contribution >= 4 is 5.97 Å². The van der Waals surface area contributed by atoms with E-state index in [0.717, 1.165) is 49.9 Å². The number of carboxylic acids is 1. The second-order valence-electron chi connectivity index (χ2n) is 6.77. The summed E-state index contributed by atoms with van der Waals surface area (Å²) in [4.78, 5) is 13.5. The van der Waals surface area contributed by atoms with E-state index in [-0.39, 0.29) is 0 Å². The number of carbonyl (C=O) groups is 1. The van der Waals surface area contributed by atoms with Gasteiger partial charge in [0.15, 0.2) is 0 Å². The minimum Gasteiger partial charge on any atom is -0.481 e. The van der Waals surface area contributed by atoms with Crippen molar-refractivity contribution in [1.29, 1.82) is 0 Å². The molecule has 1 saturated heterocycles. The van der Waals surface area contributed by atoms with Gasteiger partial charge in [-0.1, -0.05) is 6.92 Å². The average Bonchev–Trinajstić information content (AvgIpc) is 2.97. The fourth-order valence-corrected chi connectivity index (χ4v) is 3.04. The van der Waals surface area contributed by atoms with Gasteiger partial charge in [0.25, 0.3) is 0 Å². The minimum atomic E-state index is -0.667. The number of furan rings is 1. The van der Waals surface area contributed by atoms with Crippen LogP contribution in [0.1, 0.15) is 50.5 Å². The molecule has 20 heavy (non-hydrogen) atoms. The van der Waals surface area contributed by atoms with Crippen LogP contribution in [0, 0.1) is 11.3 Å². The molecule has 0 radical (unpaired) electrons. The Morgan fingerprint density at radius 3 is 2.65 bits per heavy atom. The van der Waals surface area contributed by atoms with E-state index >= 15 is 0 Å². The number of likely N-dealkylation sites (tertiary alicyclic amines) is 1. The molecule has 1 N–H and O–H groups in total. The van der Waals surface area contributed by atoms with E-state index in [1.807, 2.05) is 6.92 Å². The van der Waals surface area contributed by atoms with Crippen molar-refractivity contribution in [1.82, 2.24) is 4.90 Å². The standard InChI is InChI=1S/C16H23NO3/c1-11-9-13(11)14-4-3-12(20-14)10-17-7-5-16(2,6-8-17)15(18)19/h3-4,11,13H,5-10H2,1-2H3,(H,18,19). The predicted octanol–water partition coefficient (Wildman–Crippen LogP) is 3.09. The summed E-state index contributed by atoms with van der Waals surface area (Å²) in [6, 6.07) is 4.18. The zero-order valence-electron chi connectivity index (χ0n) is 12.3. The maximum absolute atomic E-state index is 11.2. The van der Waals surface area contributed by atoms with Gasteiger partial charge in [-0.2, -0.15) is 0 Å². The molecule has 3 rings (SSSR count). The van der Waals surface area contributed by atoms with E-state index < -0.39 is 11.4 Å². The lowest BCUT2D eigenvalue weighted by molar-refractivity contribution is -0.150. The lowest BCUT2D eigenvalue weighted by atomic mass is 9.80. The van der Waals surface area contributed by atoms with Gasteiger partial charge in [-0.05, 0) is 57.3 Å². The summed E-state index contributed by atoms with van der Waals surface area (Å²) in [5.74, 6) is 2.86. The van der Waals surface area contributed by atoms with Crippen LogP contribution >= 0.6 is 0 Å². The summed E-state index contributed by atoms with van der Waals surface area (Å²) in [6.45, 7) is 6.57. The molecule has 0 aromatic carbocycles. The van der Waals surface area contributed by atoms with Crippen molar-refractivity contribution < 1.29 is 14.3 Å². The van der Waals surface area contributed by atoms with Gasteiger partial charge in [-0.15, -0.1) is 0 Å². The quantitative estimate of drug-likeness (QED) is 0.919. The van der Waals surface area contributed by atoms with Crippen molar-refractivity contribution in [3.05, 3.63) is 23.7 Å². The van der Waals surface area contributed by atoms with Crippen LogP contribution < -0.4 is 0 Å². The van der Waals surface area contributed by atoms with Gasteiger partial charge < -0.3 is 9.52 Å². The first-order chi connectivity index (χ1) is 9.48. The van der Waals surface area contributed by atoms with Crippen LogP contribution in [0.4, 0.5) is 0 Å². The highest BCUT2D eigenvalue weighted by molar-refractivity contribution is 5.74. The van der Waals surface area contributed by atoms with E-state index in [1.165, 1.54) is 6.42 Å². The maximum atomic E-state index is 11.2. The van der Waals surface area contributed by atoms with Gasteiger partial charge in [0.05, 0.1) is 12.0 Å². The Morgan fingerprint density at radius 1 is 1.45 bits per heavy atom. The molecule has 2 heterocycles. The highest BCUT2D eigenvalue weighted by Crippen LogP contribution is 2.47. The van der Waals surface area contributed by atoms with E-state index in [2.05, 4.69) is 24.0 Å². The van der Waals surface area contributed by atoms with Crippen LogP contribution in [-0.4, -0.2) is 29.1 Å². The van der Waals surface area contributed by atoms with E-state index in [4.69, 9.17) is 4.42 Å². The molecule has 4 heteroatoms. The fraction of sp³-hybridized carbons (Fsp3) is 0.688. The highest BCUT2D eigenvalue weighted by atomic mass is 16.4. The molecule has 2 atom stereocenters. The van der Waals surface area contributed by atoms with Crippen LogP contribution in [-0.2, 0) is 11.3 Å². The molecule has 1 saturated carbocycles. The second-order valence-corrected chi connectivity index (χ2v) is 6.77. The third-order valence-electron chi connectivity index (χ3n) is 5.01. The molecule has 4 nitrogen and oxygen atoms in total. The predicted molar refractivity (Wildman–Crippen MR) is 75.5 cm³/mol. The molecular formula is C16H23NO3. The summed E-state index contributed by atoms with van der Waals surface area (Å²) in [6.07, 6.45) is 2.68. The number of nitrogens with zero attached hydrogens (tertiary/aromatic N) is 1. The fourth-order valence-electron chi connectivity index (χ4n) is 3.04. The van der Waals surface area contributed by atoms with Crippen LogP contribution in [0.2, 0.25) is 0 Å². The van der Waals surface area contributed by atoms with Gasteiger partial charge in [0.2, 0.25) is 0 Å². The van der Waals surface area contributed by atoms with E-state index in [0.29, 0.717) is 5.92 Å². The highest BCUT2D eigenvalue weighted by Gasteiger charge is 2.38. The Bertz CT molecular complexity index is 500. The number of hydrogen-bond acceptors (Lipinski definition) is 3. The van der Waals surface area contributed by atoms with Gasteiger partial charge in [-0.3, -0.25) is 9.69 Å². The third kappa shape index (κ3) is 2.62. The maximum Gasteiger partial charge on any atom is 0.309 e. The normalized spacial score (nSPS) is 29.3. The Balaban J connectivity index is 1.54. The third-order valence-corrected chi connectivity index (χ3v) is 5.01. The number of aliphatic carboxylic acids is 1. The number of carboxylic acid groups (broad SMARTS) is 1. The SMILES string of the molecule is CC1CC1c1ccc(CN2CCC(C)(C(=O)O)CC2)o1. The first-order valence-corrected chi connectivity index (χ1v) is 7.52. The van der Waals surface area contributed by atoms with Crippen molar-refractivity contribution in [3.8, 4) is 0 Å². The summed E-state index contributed by atoms with van der Waals surface area (Å²) < 4.78 is 5.92. The van der Waals surface area contributed by atoms with Gasteiger partial charge in [0.1, 0.15) is 11.5 Å².